The first-order chi connectivity index (χ1) is 17.6. The van der Waals surface area contributed by atoms with Crippen LogP contribution in [0.25, 0.3) is 34.3 Å². The third-order valence-corrected chi connectivity index (χ3v) is 6.42. The van der Waals surface area contributed by atoms with Gasteiger partial charge in [0.05, 0.1) is 15.9 Å². The number of para-hydroxylation sites is 1. The second kappa shape index (κ2) is 9.63. The van der Waals surface area contributed by atoms with Crippen LogP contribution in [0.4, 0.5) is 4.39 Å². The van der Waals surface area contributed by atoms with Crippen molar-refractivity contribution in [2.45, 2.75) is 0 Å². The van der Waals surface area contributed by atoms with Crippen molar-refractivity contribution in [1.29, 1.82) is 10.5 Å². The fourth-order valence-electron chi connectivity index (χ4n) is 3.67. The number of benzene rings is 2. The molecule has 7 nitrogen and oxygen atoms in total. The van der Waals surface area contributed by atoms with Crippen molar-refractivity contribution in [3.05, 3.63) is 116 Å². The summed E-state index contributed by atoms with van der Waals surface area (Å²) in [4.78, 5) is 17.7. The first-order valence-electron chi connectivity index (χ1n) is 10.7. The lowest BCUT2D eigenvalue weighted by atomic mass is 10.1. The van der Waals surface area contributed by atoms with Crippen molar-refractivity contribution < 1.29 is 4.39 Å². The molecule has 0 amide bonds. The van der Waals surface area contributed by atoms with Crippen LogP contribution < -0.4 is 14.8 Å². The molecule has 0 aliphatic rings. The summed E-state index contributed by atoms with van der Waals surface area (Å²) in [5.41, 5.74) is 2.56. The van der Waals surface area contributed by atoms with Crippen molar-refractivity contribution in [2.24, 2.45) is 0 Å². The van der Waals surface area contributed by atoms with Gasteiger partial charge in [-0.25, -0.2) is 9.07 Å². The van der Waals surface area contributed by atoms with E-state index in [4.69, 9.17) is 5.10 Å². The van der Waals surface area contributed by atoms with Crippen LogP contribution in [0.2, 0.25) is 0 Å². The summed E-state index contributed by atoms with van der Waals surface area (Å²) in [6.07, 6.45) is 6.83. The molecule has 5 aromatic rings. The molecule has 172 valence electrons. The molecule has 0 spiro atoms. The van der Waals surface area contributed by atoms with Crippen molar-refractivity contribution in [2.75, 3.05) is 0 Å². The Morgan fingerprint density at radius 3 is 2.39 bits per heavy atom. The zero-order valence-electron chi connectivity index (χ0n) is 18.5. The molecule has 2 aromatic carbocycles. The predicted octanol–water partition coefficient (Wildman–Crippen LogP) is 3.31. The van der Waals surface area contributed by atoms with Crippen LogP contribution in [0.3, 0.4) is 0 Å². The van der Waals surface area contributed by atoms with Crippen molar-refractivity contribution in [1.82, 2.24) is 19.3 Å². The second-order valence-corrected chi connectivity index (χ2v) is 8.62. The summed E-state index contributed by atoms with van der Waals surface area (Å²) >= 11 is 1.01. The molecule has 0 saturated carbocycles. The molecular formula is C27H15FN6OS. The number of halogens is 1. The molecule has 0 aliphatic carbocycles. The standard InChI is InChI=1S/C27H15FN6OS/c28-21-8-10-23(11-9-21)34-26(35)24(36-27(34)20(14-29)15-30)13-19-17-33(22-6-2-1-3-7-22)32-25(19)18-5-4-12-31-16-18/h1-13,16-17H/b24-13-. The number of thiazole rings is 1. The molecule has 0 aliphatic heterocycles. The van der Waals surface area contributed by atoms with Gasteiger partial charge in [0.2, 0.25) is 0 Å². The maximum absolute atomic E-state index is 13.5. The minimum Gasteiger partial charge on any atom is -0.267 e. The van der Waals surface area contributed by atoms with Gasteiger partial charge in [-0.1, -0.05) is 18.2 Å². The van der Waals surface area contributed by atoms with Crippen molar-refractivity contribution in [3.8, 4) is 34.8 Å². The van der Waals surface area contributed by atoms with Gasteiger partial charge < -0.3 is 0 Å². The predicted molar refractivity (Wildman–Crippen MR) is 134 cm³/mol. The van der Waals surface area contributed by atoms with E-state index in [0.717, 1.165) is 22.6 Å². The molecule has 9 heteroatoms. The highest BCUT2D eigenvalue weighted by molar-refractivity contribution is 7.07. The molecule has 3 aromatic heterocycles. The van der Waals surface area contributed by atoms with E-state index in [0.29, 0.717) is 16.9 Å². The minimum atomic E-state index is -0.463. The third kappa shape index (κ3) is 4.23. The number of aromatic nitrogens is 4. The molecule has 0 N–H and O–H groups in total. The maximum Gasteiger partial charge on any atom is 0.273 e. The SMILES string of the molecule is N#CC(C#N)=c1s/c(=C\c2cn(-c3ccccc3)nc2-c2cccnc2)c(=O)n1-c1ccc(F)cc1. The van der Waals surface area contributed by atoms with Crippen LogP contribution in [-0.4, -0.2) is 19.3 Å². The van der Waals surface area contributed by atoms with Gasteiger partial charge in [-0.2, -0.15) is 15.6 Å². The number of rotatable bonds is 4. The van der Waals surface area contributed by atoms with Gasteiger partial charge in [0.25, 0.3) is 5.56 Å². The van der Waals surface area contributed by atoms with Crippen LogP contribution in [0, 0.1) is 28.5 Å². The van der Waals surface area contributed by atoms with E-state index in [2.05, 4.69) is 4.98 Å². The maximum atomic E-state index is 13.5. The van der Waals surface area contributed by atoms with E-state index in [9.17, 15) is 19.7 Å². The Bertz CT molecular complexity index is 1810. The number of nitriles is 2. The lowest BCUT2D eigenvalue weighted by Crippen LogP contribution is -2.30. The Kier molecular flexibility index (Phi) is 6.06. The molecular weight excluding hydrogens is 475 g/mol. The summed E-state index contributed by atoms with van der Waals surface area (Å²) in [6, 6.07) is 22.2. The van der Waals surface area contributed by atoms with Crippen molar-refractivity contribution >= 4 is 23.0 Å². The van der Waals surface area contributed by atoms with Crippen LogP contribution in [-0.2, 0) is 0 Å². The van der Waals surface area contributed by atoms with Crippen LogP contribution >= 0.6 is 11.3 Å². The van der Waals surface area contributed by atoms with Crippen LogP contribution in [0.15, 0.2) is 90.1 Å². The fourth-order valence-corrected chi connectivity index (χ4v) is 4.72. The lowest BCUT2D eigenvalue weighted by Gasteiger charge is -2.01. The van der Waals surface area contributed by atoms with E-state index < -0.39 is 11.4 Å². The van der Waals surface area contributed by atoms with Crippen LogP contribution in [0.1, 0.15) is 5.56 Å². The minimum absolute atomic E-state index is 0.168. The average Bonchev–Trinajstić information content (AvgIpc) is 3.48. The Hall–Kier alpha value is -5.12. The third-order valence-electron chi connectivity index (χ3n) is 5.33. The number of nitrogens with zero attached hydrogens (tertiary/aromatic N) is 6. The second-order valence-electron chi connectivity index (χ2n) is 7.59. The van der Waals surface area contributed by atoms with Gasteiger partial charge in [0, 0.05) is 29.7 Å². The molecule has 0 fully saturated rings. The van der Waals surface area contributed by atoms with Gasteiger partial charge in [-0.05, 0) is 54.6 Å². The lowest BCUT2D eigenvalue weighted by molar-refractivity contribution is 0.627. The van der Waals surface area contributed by atoms with Gasteiger partial charge in [-0.3, -0.25) is 14.3 Å². The van der Waals surface area contributed by atoms with Gasteiger partial charge in [0.1, 0.15) is 28.3 Å². The molecule has 5 rings (SSSR count). The molecule has 0 atom stereocenters. The van der Waals surface area contributed by atoms with E-state index >= 15 is 0 Å². The number of hydrogen-bond donors (Lipinski definition) is 0. The van der Waals surface area contributed by atoms with Gasteiger partial charge >= 0.3 is 0 Å². The Labute approximate surface area is 208 Å². The Morgan fingerprint density at radius 1 is 0.972 bits per heavy atom. The van der Waals surface area contributed by atoms with E-state index in [-0.39, 0.29) is 14.8 Å². The molecule has 0 unspecified atom stereocenters. The van der Waals surface area contributed by atoms with E-state index in [1.54, 1.807) is 35.4 Å². The highest BCUT2D eigenvalue weighted by atomic mass is 32.1. The monoisotopic (exact) mass is 490 g/mol. The van der Waals surface area contributed by atoms with Gasteiger partial charge in [0.15, 0.2) is 5.57 Å². The first-order valence-corrected chi connectivity index (χ1v) is 11.5. The number of pyridine rings is 1. The summed E-state index contributed by atoms with van der Waals surface area (Å²) in [7, 11) is 0. The molecule has 3 heterocycles. The topological polar surface area (TPSA) is 100 Å². The summed E-state index contributed by atoms with van der Waals surface area (Å²) < 4.78 is 16.9. The van der Waals surface area contributed by atoms with Crippen molar-refractivity contribution in [3.63, 3.8) is 0 Å². The van der Waals surface area contributed by atoms with Gasteiger partial charge in [-0.15, -0.1) is 11.3 Å². The van der Waals surface area contributed by atoms with Crippen LogP contribution in [0.5, 0.6) is 0 Å². The first kappa shape index (κ1) is 22.7. The molecule has 0 radical (unpaired) electrons. The normalized spacial score (nSPS) is 11.1. The Balaban J connectivity index is 1.80. The zero-order valence-corrected chi connectivity index (χ0v) is 19.4. The largest absolute Gasteiger partial charge is 0.273 e. The van der Waals surface area contributed by atoms with E-state index in [1.165, 1.54) is 28.8 Å². The zero-order chi connectivity index (χ0) is 25.1. The molecule has 0 bridgehead atoms. The molecule has 0 saturated heterocycles. The summed E-state index contributed by atoms with van der Waals surface area (Å²) in [5.74, 6) is -0.463. The average molecular weight is 491 g/mol. The summed E-state index contributed by atoms with van der Waals surface area (Å²) in [6.45, 7) is 0. The molecule has 36 heavy (non-hydrogen) atoms. The number of hydrogen-bond acceptors (Lipinski definition) is 6. The van der Waals surface area contributed by atoms with E-state index in [1.807, 2.05) is 48.5 Å². The Morgan fingerprint density at radius 2 is 1.72 bits per heavy atom. The highest BCUT2D eigenvalue weighted by Gasteiger charge is 2.15. The highest BCUT2D eigenvalue weighted by Crippen LogP contribution is 2.23. The quantitative estimate of drug-likeness (QED) is 0.385. The summed E-state index contributed by atoms with van der Waals surface area (Å²) in [5, 5.41) is 23.7. The fraction of sp³-hybridized carbons (Fsp3) is 0. The smallest absolute Gasteiger partial charge is 0.267 e.